The van der Waals surface area contributed by atoms with Crippen molar-refractivity contribution < 1.29 is 0 Å². The Morgan fingerprint density at radius 3 is 1.90 bits per heavy atom. The maximum atomic E-state index is 5.50. The van der Waals surface area contributed by atoms with E-state index in [0.29, 0.717) is 6.54 Å². The van der Waals surface area contributed by atoms with Crippen molar-refractivity contribution in [3.05, 3.63) is 78.9 Å². The molecule has 29 heavy (non-hydrogen) atoms. The van der Waals surface area contributed by atoms with Crippen LogP contribution in [0.3, 0.4) is 0 Å². The number of hydrogen-bond donors (Lipinski definition) is 3. The van der Waals surface area contributed by atoms with E-state index in [1.165, 1.54) is 0 Å². The minimum atomic E-state index is 0.650. The molecule has 1 aromatic heterocycles. The van der Waals surface area contributed by atoms with Gasteiger partial charge in [0.1, 0.15) is 0 Å². The van der Waals surface area contributed by atoms with Gasteiger partial charge in [-0.1, -0.05) is 60.7 Å². The van der Waals surface area contributed by atoms with Crippen LogP contribution in [0.15, 0.2) is 78.9 Å². The fourth-order valence-electron chi connectivity index (χ4n) is 3.28. The van der Waals surface area contributed by atoms with E-state index in [2.05, 4.69) is 47.0 Å². The van der Waals surface area contributed by atoms with Gasteiger partial charge in [-0.15, -0.1) is 0 Å². The Hall–Kier alpha value is -3.28. The van der Waals surface area contributed by atoms with E-state index < -0.39 is 0 Å². The molecular formula is C24H25N5. The van der Waals surface area contributed by atoms with Gasteiger partial charge < -0.3 is 16.4 Å². The molecule has 4 rings (SSSR count). The monoisotopic (exact) mass is 383 g/mol. The molecule has 4 N–H and O–H groups in total. The molecule has 3 aromatic carbocycles. The second kappa shape index (κ2) is 9.28. The highest BCUT2D eigenvalue weighted by Crippen LogP contribution is 2.31. The van der Waals surface area contributed by atoms with Crippen LogP contribution in [0.1, 0.15) is 0 Å². The van der Waals surface area contributed by atoms with Crippen molar-refractivity contribution in [3.63, 3.8) is 0 Å². The van der Waals surface area contributed by atoms with Crippen LogP contribution in [0.25, 0.3) is 33.5 Å². The second-order valence-electron chi connectivity index (χ2n) is 6.82. The summed E-state index contributed by atoms with van der Waals surface area (Å²) in [5, 5.41) is 6.71. The van der Waals surface area contributed by atoms with Gasteiger partial charge in [-0.3, -0.25) is 0 Å². The Bertz CT molecular complexity index is 1060. The molecule has 0 aliphatic rings. The summed E-state index contributed by atoms with van der Waals surface area (Å²) >= 11 is 0. The van der Waals surface area contributed by atoms with Gasteiger partial charge in [0.2, 0.25) is 0 Å². The van der Waals surface area contributed by atoms with Crippen molar-refractivity contribution in [2.24, 2.45) is 5.73 Å². The van der Waals surface area contributed by atoms with Crippen molar-refractivity contribution in [2.45, 2.75) is 0 Å². The average Bonchev–Trinajstić information content (AvgIpc) is 2.79. The topological polar surface area (TPSA) is 75.9 Å². The van der Waals surface area contributed by atoms with Crippen LogP contribution < -0.4 is 16.4 Å². The first-order valence-corrected chi connectivity index (χ1v) is 9.92. The predicted octanol–water partition coefficient (Wildman–Crippen LogP) is 3.92. The minimum Gasteiger partial charge on any atom is -0.384 e. The van der Waals surface area contributed by atoms with Gasteiger partial charge in [-0.25, -0.2) is 9.97 Å². The molecule has 4 aromatic rings. The lowest BCUT2D eigenvalue weighted by Gasteiger charge is -2.12. The maximum Gasteiger partial charge on any atom is 0.0973 e. The largest absolute Gasteiger partial charge is 0.384 e. The zero-order chi connectivity index (χ0) is 19.9. The number of rotatable bonds is 8. The lowest BCUT2D eigenvalue weighted by molar-refractivity contribution is 0.707. The number of fused-ring (bicyclic) bond motifs is 1. The second-order valence-corrected chi connectivity index (χ2v) is 6.82. The van der Waals surface area contributed by atoms with Crippen molar-refractivity contribution in [1.29, 1.82) is 0 Å². The summed E-state index contributed by atoms with van der Waals surface area (Å²) in [6, 6.07) is 26.6. The number of hydrogen-bond acceptors (Lipinski definition) is 5. The highest BCUT2D eigenvalue weighted by Gasteiger charge is 2.13. The molecular weight excluding hydrogens is 358 g/mol. The van der Waals surface area contributed by atoms with E-state index >= 15 is 0 Å². The van der Waals surface area contributed by atoms with E-state index in [9.17, 15) is 0 Å². The Balaban J connectivity index is 1.71. The Morgan fingerprint density at radius 1 is 0.655 bits per heavy atom. The Morgan fingerprint density at radius 2 is 1.28 bits per heavy atom. The molecule has 0 saturated carbocycles. The predicted molar refractivity (Wildman–Crippen MR) is 121 cm³/mol. The third-order valence-electron chi connectivity index (χ3n) is 4.71. The van der Waals surface area contributed by atoms with Crippen molar-refractivity contribution in [3.8, 4) is 22.5 Å². The van der Waals surface area contributed by atoms with Gasteiger partial charge in [0.05, 0.1) is 22.4 Å². The van der Waals surface area contributed by atoms with E-state index in [4.69, 9.17) is 15.7 Å². The standard InChI is InChI=1S/C24H25N5/c25-13-14-26-15-16-27-20-11-12-21-22(17-20)29-24(19-9-5-2-6-10-19)23(28-21)18-7-3-1-4-8-18/h1-12,17,26-27H,13-16,25H2. The zero-order valence-corrected chi connectivity index (χ0v) is 16.3. The summed E-state index contributed by atoms with van der Waals surface area (Å²) in [7, 11) is 0. The highest BCUT2D eigenvalue weighted by atomic mass is 15.0. The number of anilines is 1. The first-order chi connectivity index (χ1) is 14.3. The molecule has 0 saturated heterocycles. The molecule has 0 aliphatic heterocycles. The third kappa shape index (κ3) is 4.59. The quantitative estimate of drug-likeness (QED) is 0.402. The smallest absolute Gasteiger partial charge is 0.0973 e. The molecule has 0 spiro atoms. The molecule has 0 bridgehead atoms. The van der Waals surface area contributed by atoms with E-state index in [-0.39, 0.29) is 0 Å². The zero-order valence-electron chi connectivity index (χ0n) is 16.3. The fourth-order valence-corrected chi connectivity index (χ4v) is 3.28. The number of aromatic nitrogens is 2. The lowest BCUT2D eigenvalue weighted by Crippen LogP contribution is -2.27. The Kier molecular flexibility index (Phi) is 6.10. The molecule has 0 radical (unpaired) electrons. The molecule has 0 unspecified atom stereocenters. The summed E-state index contributed by atoms with van der Waals surface area (Å²) in [5.41, 5.74) is 12.2. The summed E-state index contributed by atoms with van der Waals surface area (Å²) in [4.78, 5) is 9.97. The number of nitrogens with zero attached hydrogens (tertiary/aromatic N) is 2. The first-order valence-electron chi connectivity index (χ1n) is 9.92. The molecule has 0 fully saturated rings. The normalized spacial score (nSPS) is 10.9. The van der Waals surface area contributed by atoms with Crippen molar-refractivity contribution >= 4 is 16.7 Å². The van der Waals surface area contributed by atoms with Crippen molar-refractivity contribution in [2.75, 3.05) is 31.5 Å². The van der Waals surface area contributed by atoms with Crippen LogP contribution in [-0.2, 0) is 0 Å². The fraction of sp³-hybridized carbons (Fsp3) is 0.167. The third-order valence-corrected chi connectivity index (χ3v) is 4.71. The summed E-state index contributed by atoms with van der Waals surface area (Å²) in [6.07, 6.45) is 0. The average molecular weight is 383 g/mol. The van der Waals surface area contributed by atoms with E-state index in [0.717, 1.165) is 58.9 Å². The van der Waals surface area contributed by atoms with Gasteiger partial charge >= 0.3 is 0 Å². The first kappa shape index (κ1) is 19.1. The number of nitrogens with two attached hydrogens (primary N) is 1. The van der Waals surface area contributed by atoms with Crippen molar-refractivity contribution in [1.82, 2.24) is 15.3 Å². The van der Waals surface area contributed by atoms with Crippen LogP contribution in [0.4, 0.5) is 5.69 Å². The summed E-state index contributed by atoms with van der Waals surface area (Å²) in [5.74, 6) is 0. The Labute approximate surface area is 171 Å². The molecule has 0 amide bonds. The molecule has 0 atom stereocenters. The van der Waals surface area contributed by atoms with Gasteiger partial charge in [0.25, 0.3) is 0 Å². The van der Waals surface area contributed by atoms with E-state index in [1.807, 2.05) is 42.5 Å². The summed E-state index contributed by atoms with van der Waals surface area (Å²) < 4.78 is 0. The van der Waals surface area contributed by atoms with Gasteiger partial charge in [0.15, 0.2) is 0 Å². The number of nitrogens with one attached hydrogen (secondary N) is 2. The number of benzene rings is 3. The SMILES string of the molecule is NCCNCCNc1ccc2nc(-c3ccccc3)c(-c3ccccc3)nc2c1. The lowest BCUT2D eigenvalue weighted by atomic mass is 10.0. The van der Waals surface area contributed by atoms with Crippen LogP contribution in [0.5, 0.6) is 0 Å². The molecule has 146 valence electrons. The van der Waals surface area contributed by atoms with Crippen LogP contribution in [0, 0.1) is 0 Å². The van der Waals surface area contributed by atoms with Gasteiger partial charge in [0, 0.05) is 43.0 Å². The van der Waals surface area contributed by atoms with Gasteiger partial charge in [-0.2, -0.15) is 0 Å². The van der Waals surface area contributed by atoms with Crippen LogP contribution >= 0.6 is 0 Å². The molecule has 5 heteroatoms. The summed E-state index contributed by atoms with van der Waals surface area (Å²) in [6.45, 7) is 3.17. The van der Waals surface area contributed by atoms with Crippen LogP contribution in [0.2, 0.25) is 0 Å². The van der Waals surface area contributed by atoms with Gasteiger partial charge in [-0.05, 0) is 18.2 Å². The minimum absolute atomic E-state index is 0.650. The molecule has 0 aliphatic carbocycles. The maximum absolute atomic E-state index is 5.50. The molecule has 1 heterocycles. The van der Waals surface area contributed by atoms with Crippen LogP contribution in [-0.4, -0.2) is 36.1 Å². The highest BCUT2D eigenvalue weighted by molar-refractivity contribution is 5.87. The van der Waals surface area contributed by atoms with E-state index in [1.54, 1.807) is 0 Å². The molecule has 5 nitrogen and oxygen atoms in total.